The highest BCUT2D eigenvalue weighted by molar-refractivity contribution is 5.66. The van der Waals surface area contributed by atoms with Crippen LogP contribution in [-0.4, -0.2) is 27.7 Å². The molecule has 0 unspecified atom stereocenters. The van der Waals surface area contributed by atoms with Gasteiger partial charge in [0.05, 0.1) is 11.0 Å². The smallest absolute Gasteiger partial charge is 0.285 e. The molecular weight excluding hydrogens is 279 g/mol. The standard InChI is InChI=1S/C13H15FN4O3/c1-8(2)15-6-5-12-16-17-13(21-12)10-4-3-9(14)7-11(10)18(19)20/h3-4,7-8,15H,5-6H2,1-2H3. The minimum atomic E-state index is -0.689. The SMILES string of the molecule is CC(C)NCCc1nnc(-c2ccc(F)cc2[N+](=O)[O-])o1. The van der Waals surface area contributed by atoms with Gasteiger partial charge in [-0.1, -0.05) is 13.8 Å². The second-order valence-corrected chi connectivity index (χ2v) is 4.78. The summed E-state index contributed by atoms with van der Waals surface area (Å²) in [5.74, 6) is -0.302. The summed E-state index contributed by atoms with van der Waals surface area (Å²) in [4.78, 5) is 10.3. The number of nitrogens with zero attached hydrogens (tertiary/aromatic N) is 3. The molecular formula is C13H15FN4O3. The predicted molar refractivity (Wildman–Crippen MR) is 73.2 cm³/mol. The molecule has 0 bridgehead atoms. The van der Waals surface area contributed by atoms with Crippen LogP contribution >= 0.6 is 0 Å². The van der Waals surface area contributed by atoms with Crippen LogP contribution in [-0.2, 0) is 6.42 Å². The topological polar surface area (TPSA) is 94.1 Å². The highest BCUT2D eigenvalue weighted by Crippen LogP contribution is 2.29. The molecule has 1 heterocycles. The zero-order valence-corrected chi connectivity index (χ0v) is 11.7. The quantitative estimate of drug-likeness (QED) is 0.649. The van der Waals surface area contributed by atoms with E-state index in [2.05, 4.69) is 15.5 Å². The summed E-state index contributed by atoms with van der Waals surface area (Å²) in [6.45, 7) is 4.69. The van der Waals surface area contributed by atoms with E-state index < -0.39 is 16.4 Å². The Kier molecular flexibility index (Phi) is 4.59. The lowest BCUT2D eigenvalue weighted by atomic mass is 10.2. The first-order valence-corrected chi connectivity index (χ1v) is 6.47. The van der Waals surface area contributed by atoms with E-state index in [1.54, 1.807) is 0 Å². The van der Waals surface area contributed by atoms with Gasteiger partial charge in [-0.3, -0.25) is 10.1 Å². The van der Waals surface area contributed by atoms with Gasteiger partial charge in [-0.05, 0) is 12.1 Å². The Hall–Kier alpha value is -2.35. The number of hydrogen-bond acceptors (Lipinski definition) is 6. The third-order valence-electron chi connectivity index (χ3n) is 2.75. The van der Waals surface area contributed by atoms with E-state index in [-0.39, 0.29) is 11.5 Å². The zero-order chi connectivity index (χ0) is 15.4. The van der Waals surface area contributed by atoms with Gasteiger partial charge in [-0.25, -0.2) is 4.39 Å². The van der Waals surface area contributed by atoms with Gasteiger partial charge in [0.25, 0.3) is 11.6 Å². The minimum absolute atomic E-state index is 0.0150. The second-order valence-electron chi connectivity index (χ2n) is 4.78. The zero-order valence-electron chi connectivity index (χ0n) is 11.7. The first-order valence-electron chi connectivity index (χ1n) is 6.47. The monoisotopic (exact) mass is 294 g/mol. The lowest BCUT2D eigenvalue weighted by Crippen LogP contribution is -2.25. The van der Waals surface area contributed by atoms with Gasteiger partial charge in [-0.15, -0.1) is 10.2 Å². The fourth-order valence-corrected chi connectivity index (χ4v) is 1.77. The Morgan fingerprint density at radius 3 is 2.86 bits per heavy atom. The Labute approximate surface area is 120 Å². The van der Waals surface area contributed by atoms with Crippen LogP contribution < -0.4 is 5.32 Å². The van der Waals surface area contributed by atoms with E-state index >= 15 is 0 Å². The molecule has 1 aromatic carbocycles. The van der Waals surface area contributed by atoms with Crippen LogP contribution in [0.4, 0.5) is 10.1 Å². The summed E-state index contributed by atoms with van der Waals surface area (Å²) in [5, 5.41) is 21.8. The molecule has 1 aromatic heterocycles. The Balaban J connectivity index is 2.19. The van der Waals surface area contributed by atoms with E-state index in [0.717, 1.165) is 12.1 Å². The molecule has 2 rings (SSSR count). The summed E-state index contributed by atoms with van der Waals surface area (Å²) < 4.78 is 18.5. The maximum Gasteiger partial charge on any atom is 0.285 e. The predicted octanol–water partition coefficient (Wildman–Crippen LogP) is 2.32. The van der Waals surface area contributed by atoms with Gasteiger partial charge >= 0.3 is 0 Å². The van der Waals surface area contributed by atoms with Crippen LogP contribution in [0.1, 0.15) is 19.7 Å². The highest BCUT2D eigenvalue weighted by atomic mass is 19.1. The third kappa shape index (κ3) is 3.82. The van der Waals surface area contributed by atoms with Gasteiger partial charge < -0.3 is 9.73 Å². The van der Waals surface area contributed by atoms with Crippen molar-refractivity contribution in [3.63, 3.8) is 0 Å². The van der Waals surface area contributed by atoms with Crippen LogP contribution in [0.15, 0.2) is 22.6 Å². The van der Waals surface area contributed by atoms with Crippen molar-refractivity contribution in [1.29, 1.82) is 0 Å². The highest BCUT2D eigenvalue weighted by Gasteiger charge is 2.21. The molecule has 0 fully saturated rings. The minimum Gasteiger partial charge on any atom is -0.420 e. The number of rotatable bonds is 6. The van der Waals surface area contributed by atoms with E-state index in [1.165, 1.54) is 6.07 Å². The van der Waals surface area contributed by atoms with Crippen molar-refractivity contribution in [2.75, 3.05) is 6.54 Å². The van der Waals surface area contributed by atoms with Crippen molar-refractivity contribution in [2.45, 2.75) is 26.3 Å². The van der Waals surface area contributed by atoms with E-state index in [0.29, 0.717) is 24.9 Å². The van der Waals surface area contributed by atoms with Crippen LogP contribution in [0.5, 0.6) is 0 Å². The van der Waals surface area contributed by atoms with Crippen LogP contribution in [0, 0.1) is 15.9 Å². The molecule has 0 spiro atoms. The molecule has 7 nitrogen and oxygen atoms in total. The molecule has 21 heavy (non-hydrogen) atoms. The fourth-order valence-electron chi connectivity index (χ4n) is 1.77. The second kappa shape index (κ2) is 6.40. The molecule has 0 radical (unpaired) electrons. The molecule has 1 N–H and O–H groups in total. The molecule has 0 saturated carbocycles. The molecule has 112 valence electrons. The number of benzene rings is 1. The van der Waals surface area contributed by atoms with E-state index in [1.807, 2.05) is 13.8 Å². The van der Waals surface area contributed by atoms with Gasteiger partial charge in [-0.2, -0.15) is 0 Å². The molecule has 0 atom stereocenters. The van der Waals surface area contributed by atoms with Crippen LogP contribution in [0.3, 0.4) is 0 Å². The largest absolute Gasteiger partial charge is 0.420 e. The average molecular weight is 294 g/mol. The summed E-state index contributed by atoms with van der Waals surface area (Å²) in [6.07, 6.45) is 0.514. The molecule has 0 aliphatic rings. The van der Waals surface area contributed by atoms with Crippen LogP contribution in [0.2, 0.25) is 0 Å². The van der Waals surface area contributed by atoms with Crippen molar-refractivity contribution < 1.29 is 13.7 Å². The van der Waals surface area contributed by atoms with Crippen molar-refractivity contribution in [3.05, 3.63) is 40.0 Å². The Morgan fingerprint density at radius 1 is 1.43 bits per heavy atom. The maximum absolute atomic E-state index is 13.1. The molecule has 0 aliphatic heterocycles. The van der Waals surface area contributed by atoms with Crippen LogP contribution in [0.25, 0.3) is 11.5 Å². The maximum atomic E-state index is 13.1. The lowest BCUT2D eigenvalue weighted by Gasteiger charge is -2.04. The van der Waals surface area contributed by atoms with Gasteiger partial charge in [0.1, 0.15) is 11.4 Å². The number of aromatic nitrogens is 2. The number of nitro groups is 1. The molecule has 0 aliphatic carbocycles. The number of nitrogens with one attached hydrogen (secondary N) is 1. The average Bonchev–Trinajstić information content (AvgIpc) is 2.86. The van der Waals surface area contributed by atoms with Crippen molar-refractivity contribution in [1.82, 2.24) is 15.5 Å². The normalized spacial score (nSPS) is 11.0. The Morgan fingerprint density at radius 2 is 2.19 bits per heavy atom. The number of hydrogen-bond donors (Lipinski definition) is 1. The lowest BCUT2D eigenvalue weighted by molar-refractivity contribution is -0.384. The first kappa shape index (κ1) is 15.0. The van der Waals surface area contributed by atoms with E-state index in [4.69, 9.17) is 4.42 Å². The van der Waals surface area contributed by atoms with Crippen molar-refractivity contribution in [2.24, 2.45) is 0 Å². The molecule has 0 saturated heterocycles. The summed E-state index contributed by atoms with van der Waals surface area (Å²) in [6, 6.07) is 3.55. The summed E-state index contributed by atoms with van der Waals surface area (Å²) in [5.41, 5.74) is -0.289. The van der Waals surface area contributed by atoms with Gasteiger partial charge in [0.2, 0.25) is 5.89 Å². The summed E-state index contributed by atoms with van der Waals surface area (Å²) >= 11 is 0. The third-order valence-corrected chi connectivity index (χ3v) is 2.75. The van der Waals surface area contributed by atoms with Crippen molar-refractivity contribution in [3.8, 4) is 11.5 Å². The number of nitro benzene ring substituents is 1. The molecule has 0 amide bonds. The van der Waals surface area contributed by atoms with E-state index in [9.17, 15) is 14.5 Å². The van der Waals surface area contributed by atoms with Crippen molar-refractivity contribution >= 4 is 5.69 Å². The Bertz CT molecular complexity index is 642. The number of halogens is 1. The molecule has 8 heteroatoms. The van der Waals surface area contributed by atoms with Gasteiger partial charge in [0.15, 0.2) is 0 Å². The van der Waals surface area contributed by atoms with Gasteiger partial charge in [0, 0.05) is 19.0 Å². The first-order chi connectivity index (χ1) is 9.97. The molecule has 2 aromatic rings. The summed E-state index contributed by atoms with van der Waals surface area (Å²) in [7, 11) is 0. The fraction of sp³-hybridized carbons (Fsp3) is 0.385.